The van der Waals surface area contributed by atoms with Crippen LogP contribution in [0.1, 0.15) is 39.7 Å². The van der Waals surface area contributed by atoms with Gasteiger partial charge in [-0.2, -0.15) is 4.98 Å². The van der Waals surface area contributed by atoms with Crippen molar-refractivity contribution < 1.29 is 28.8 Å². The molecule has 5 aromatic rings. The SMILES string of the molecule is COc1ccc(C(OCC2OC(n3ccc(NC(=O)c4ccccc4)nc3=O)CC2O)(c2ccccc2)c2ccc(OC)cc2)cc1. The number of ether oxygens (including phenoxy) is 4. The summed E-state index contributed by atoms with van der Waals surface area (Å²) in [5.74, 6) is 1.14. The lowest BCUT2D eigenvalue weighted by Crippen LogP contribution is -2.38. The highest BCUT2D eigenvalue weighted by Crippen LogP contribution is 2.42. The molecule has 2 heterocycles. The van der Waals surface area contributed by atoms with Gasteiger partial charge in [0.1, 0.15) is 35.2 Å². The molecule has 240 valence electrons. The van der Waals surface area contributed by atoms with Crippen molar-refractivity contribution in [3.05, 3.63) is 154 Å². The third-order valence-corrected chi connectivity index (χ3v) is 8.26. The van der Waals surface area contributed by atoms with Crippen molar-refractivity contribution in [3.63, 3.8) is 0 Å². The van der Waals surface area contributed by atoms with Crippen molar-refractivity contribution in [2.45, 2.75) is 30.5 Å². The number of benzene rings is 4. The average molecular weight is 634 g/mol. The quantitative estimate of drug-likeness (QED) is 0.191. The van der Waals surface area contributed by atoms with E-state index in [0.29, 0.717) is 17.1 Å². The van der Waals surface area contributed by atoms with E-state index < -0.39 is 29.7 Å². The molecular formula is C37H35N3O7. The summed E-state index contributed by atoms with van der Waals surface area (Å²) in [5, 5.41) is 13.8. The maximum Gasteiger partial charge on any atom is 0.351 e. The van der Waals surface area contributed by atoms with Crippen LogP contribution in [0, 0.1) is 0 Å². The van der Waals surface area contributed by atoms with Crippen molar-refractivity contribution in [1.82, 2.24) is 9.55 Å². The number of amides is 1. The fraction of sp³-hybridized carbons (Fsp3) is 0.216. The van der Waals surface area contributed by atoms with Gasteiger partial charge in [0, 0.05) is 18.2 Å². The molecule has 3 atom stereocenters. The fourth-order valence-electron chi connectivity index (χ4n) is 5.80. The van der Waals surface area contributed by atoms with Gasteiger partial charge in [-0.25, -0.2) is 4.79 Å². The van der Waals surface area contributed by atoms with Gasteiger partial charge in [0.15, 0.2) is 0 Å². The third-order valence-electron chi connectivity index (χ3n) is 8.26. The molecule has 10 nitrogen and oxygen atoms in total. The fourth-order valence-corrected chi connectivity index (χ4v) is 5.80. The van der Waals surface area contributed by atoms with Crippen LogP contribution < -0.4 is 20.5 Å². The molecule has 1 aliphatic heterocycles. The molecule has 3 unspecified atom stereocenters. The van der Waals surface area contributed by atoms with E-state index in [4.69, 9.17) is 18.9 Å². The van der Waals surface area contributed by atoms with Crippen LogP contribution >= 0.6 is 0 Å². The largest absolute Gasteiger partial charge is 0.497 e. The number of aromatic nitrogens is 2. The predicted octanol–water partition coefficient (Wildman–Crippen LogP) is 5.17. The maximum atomic E-state index is 13.0. The highest BCUT2D eigenvalue weighted by atomic mass is 16.6. The highest BCUT2D eigenvalue weighted by Gasteiger charge is 2.42. The smallest absolute Gasteiger partial charge is 0.351 e. The molecular weight excluding hydrogens is 598 g/mol. The number of aliphatic hydroxyl groups is 1. The van der Waals surface area contributed by atoms with Crippen LogP contribution in [0.3, 0.4) is 0 Å². The second-order valence-corrected chi connectivity index (χ2v) is 11.1. The summed E-state index contributed by atoms with van der Waals surface area (Å²) >= 11 is 0. The molecule has 1 amide bonds. The minimum atomic E-state index is -1.10. The monoisotopic (exact) mass is 633 g/mol. The van der Waals surface area contributed by atoms with Gasteiger partial charge in [-0.05, 0) is 59.2 Å². The van der Waals surface area contributed by atoms with Crippen molar-refractivity contribution in [2.24, 2.45) is 0 Å². The topological polar surface area (TPSA) is 121 Å². The number of carbonyl (C=O) groups is 1. The van der Waals surface area contributed by atoms with Crippen LogP contribution in [0.15, 0.2) is 126 Å². The number of anilines is 1. The molecule has 47 heavy (non-hydrogen) atoms. The molecule has 1 aliphatic rings. The lowest BCUT2D eigenvalue weighted by molar-refractivity contribution is -0.0944. The summed E-state index contributed by atoms with van der Waals surface area (Å²) in [6, 6.07) is 35.3. The van der Waals surface area contributed by atoms with Gasteiger partial charge >= 0.3 is 5.69 Å². The summed E-state index contributed by atoms with van der Waals surface area (Å²) in [4.78, 5) is 29.6. The standard InChI is InChI=1S/C37H35N3O7/c1-44-29-17-13-27(14-18-29)37(26-11-7-4-8-12-26,28-15-19-30(45-2)20-16-28)46-24-32-31(41)23-34(47-32)40-22-21-33(39-36(40)43)38-35(42)25-9-5-3-6-10-25/h3-22,31-32,34,41H,23-24H2,1-2H3,(H,38,39,42,43). The minimum absolute atomic E-state index is 0.00197. The van der Waals surface area contributed by atoms with Gasteiger partial charge in [0.05, 0.1) is 26.9 Å². The Morgan fingerprint density at radius 3 is 1.96 bits per heavy atom. The van der Waals surface area contributed by atoms with Gasteiger partial charge in [0.25, 0.3) is 5.91 Å². The normalized spacial score (nSPS) is 17.6. The highest BCUT2D eigenvalue weighted by molar-refractivity contribution is 6.03. The summed E-state index contributed by atoms with van der Waals surface area (Å²) < 4.78 is 25.3. The Balaban J connectivity index is 1.26. The van der Waals surface area contributed by atoms with Crippen molar-refractivity contribution >= 4 is 11.7 Å². The molecule has 0 radical (unpaired) electrons. The molecule has 0 saturated carbocycles. The van der Waals surface area contributed by atoms with E-state index in [2.05, 4.69) is 10.3 Å². The summed E-state index contributed by atoms with van der Waals surface area (Å²) in [7, 11) is 3.23. The first-order valence-electron chi connectivity index (χ1n) is 15.2. The molecule has 1 aromatic heterocycles. The number of nitrogens with one attached hydrogen (secondary N) is 1. The number of hydrogen-bond donors (Lipinski definition) is 2. The molecule has 6 rings (SSSR count). The predicted molar refractivity (Wildman–Crippen MR) is 176 cm³/mol. The van der Waals surface area contributed by atoms with Crippen LogP contribution in [0.25, 0.3) is 0 Å². The van der Waals surface area contributed by atoms with E-state index >= 15 is 0 Å². The zero-order chi connectivity index (χ0) is 32.8. The zero-order valence-corrected chi connectivity index (χ0v) is 26.0. The minimum Gasteiger partial charge on any atom is -0.497 e. The zero-order valence-electron chi connectivity index (χ0n) is 26.0. The Hall–Kier alpha value is -5.29. The molecule has 4 aromatic carbocycles. The van der Waals surface area contributed by atoms with E-state index in [1.165, 1.54) is 16.8 Å². The number of carbonyl (C=O) groups excluding carboxylic acids is 1. The van der Waals surface area contributed by atoms with Crippen LogP contribution in [0.4, 0.5) is 5.82 Å². The van der Waals surface area contributed by atoms with E-state index in [1.54, 1.807) is 38.5 Å². The Morgan fingerprint density at radius 2 is 1.40 bits per heavy atom. The Bertz CT molecular complexity index is 1800. The average Bonchev–Trinajstić information content (AvgIpc) is 3.49. The van der Waals surface area contributed by atoms with Crippen LogP contribution in [-0.2, 0) is 15.1 Å². The molecule has 0 bridgehead atoms. The number of hydrogen-bond acceptors (Lipinski definition) is 8. The summed E-state index contributed by atoms with van der Waals surface area (Å²) in [6.45, 7) is -0.00197. The second-order valence-electron chi connectivity index (χ2n) is 11.1. The van der Waals surface area contributed by atoms with Gasteiger partial charge in [-0.15, -0.1) is 0 Å². The van der Waals surface area contributed by atoms with Crippen molar-refractivity contribution in [1.29, 1.82) is 0 Å². The lowest BCUT2D eigenvalue weighted by Gasteiger charge is -2.37. The van der Waals surface area contributed by atoms with E-state index in [1.807, 2.05) is 84.9 Å². The molecule has 1 saturated heterocycles. The lowest BCUT2D eigenvalue weighted by atomic mass is 9.80. The van der Waals surface area contributed by atoms with Crippen molar-refractivity contribution in [3.8, 4) is 11.5 Å². The summed E-state index contributed by atoms with van der Waals surface area (Å²) in [6.07, 6.45) is -0.826. The van der Waals surface area contributed by atoms with Gasteiger partial charge in [0.2, 0.25) is 0 Å². The molecule has 1 fully saturated rings. The van der Waals surface area contributed by atoms with Crippen LogP contribution in [-0.4, -0.2) is 53.6 Å². The first kappa shape index (κ1) is 31.7. The van der Waals surface area contributed by atoms with Gasteiger partial charge < -0.3 is 29.4 Å². The van der Waals surface area contributed by atoms with Crippen LogP contribution in [0.2, 0.25) is 0 Å². The second kappa shape index (κ2) is 14.0. The van der Waals surface area contributed by atoms with E-state index in [-0.39, 0.29) is 24.8 Å². The van der Waals surface area contributed by atoms with E-state index in [9.17, 15) is 14.7 Å². The number of nitrogens with zero attached hydrogens (tertiary/aromatic N) is 2. The molecule has 0 spiro atoms. The van der Waals surface area contributed by atoms with E-state index in [0.717, 1.165) is 16.7 Å². The number of methoxy groups -OCH3 is 2. The van der Waals surface area contributed by atoms with Crippen molar-refractivity contribution in [2.75, 3.05) is 26.1 Å². The number of aliphatic hydroxyl groups excluding tert-OH is 1. The Morgan fingerprint density at radius 1 is 0.851 bits per heavy atom. The summed E-state index contributed by atoms with van der Waals surface area (Å²) in [5.41, 5.74) is 1.27. The Kier molecular flexibility index (Phi) is 9.44. The molecule has 0 aliphatic carbocycles. The van der Waals surface area contributed by atoms with Gasteiger partial charge in [-0.3, -0.25) is 9.36 Å². The Labute approximate surface area is 272 Å². The first-order valence-corrected chi connectivity index (χ1v) is 15.2. The molecule has 10 heteroatoms. The first-order chi connectivity index (χ1) is 22.9. The maximum absolute atomic E-state index is 13.0. The van der Waals surface area contributed by atoms with Crippen LogP contribution in [0.5, 0.6) is 11.5 Å². The third kappa shape index (κ3) is 6.66. The number of rotatable bonds is 11. The molecule has 2 N–H and O–H groups in total. The van der Waals surface area contributed by atoms with Gasteiger partial charge in [-0.1, -0.05) is 72.8 Å².